The number of fused-ring (bicyclic) bond motifs is 1. The molecule has 1 heteroatoms. The molecule has 12 heavy (non-hydrogen) atoms. The maximum absolute atomic E-state index is 3.93. The van der Waals surface area contributed by atoms with E-state index >= 15 is 0 Å². The van der Waals surface area contributed by atoms with Crippen LogP contribution in [0.5, 0.6) is 0 Å². The summed E-state index contributed by atoms with van der Waals surface area (Å²) in [6.07, 6.45) is 0. The lowest BCUT2D eigenvalue weighted by Crippen LogP contribution is -1.63. The van der Waals surface area contributed by atoms with Gasteiger partial charge in [0.2, 0.25) is 0 Å². The molecule has 60 valence electrons. The molecule has 1 aromatic carbocycles. The third kappa shape index (κ3) is 1.16. The van der Waals surface area contributed by atoms with Gasteiger partial charge in [-0.2, -0.15) is 0 Å². The third-order valence-corrected chi connectivity index (χ3v) is 3.12. The second kappa shape index (κ2) is 2.76. The molecular formula is C11H10S. The molecule has 0 fully saturated rings. The Hall–Kier alpha value is -1.08. The first-order valence-corrected chi connectivity index (χ1v) is 4.73. The first-order valence-electron chi connectivity index (χ1n) is 3.92. The van der Waals surface area contributed by atoms with Crippen LogP contribution in [0.1, 0.15) is 11.8 Å². The number of rotatable bonds is 1. The molecule has 1 heterocycles. The smallest absolute Gasteiger partial charge is 0.0349 e. The van der Waals surface area contributed by atoms with Crippen LogP contribution in [-0.2, 0) is 0 Å². The highest BCUT2D eigenvalue weighted by molar-refractivity contribution is 7.20. The average Bonchev–Trinajstić information content (AvgIpc) is 2.46. The quantitative estimate of drug-likeness (QED) is 0.614. The molecule has 1 aromatic heterocycles. The van der Waals surface area contributed by atoms with E-state index in [-0.39, 0.29) is 0 Å². The Labute approximate surface area is 76.2 Å². The maximum atomic E-state index is 3.93. The van der Waals surface area contributed by atoms with Crippen molar-refractivity contribution in [3.63, 3.8) is 0 Å². The summed E-state index contributed by atoms with van der Waals surface area (Å²) in [4.78, 5) is 1.29. The lowest BCUT2D eigenvalue weighted by molar-refractivity contribution is 1.75. The van der Waals surface area contributed by atoms with Gasteiger partial charge in [-0.25, -0.2) is 0 Å². The summed E-state index contributed by atoms with van der Waals surface area (Å²) < 4.78 is 1.34. The Morgan fingerprint density at radius 3 is 2.75 bits per heavy atom. The molecule has 0 radical (unpaired) electrons. The number of allylic oxidation sites excluding steroid dienone is 1. The molecule has 0 amide bonds. The summed E-state index contributed by atoms with van der Waals surface area (Å²) in [5, 5.41) is 1.32. The van der Waals surface area contributed by atoms with Crippen molar-refractivity contribution in [1.82, 2.24) is 0 Å². The van der Waals surface area contributed by atoms with E-state index in [9.17, 15) is 0 Å². The Bertz CT molecular complexity index is 390. The molecule has 0 N–H and O–H groups in total. The van der Waals surface area contributed by atoms with Crippen molar-refractivity contribution in [3.8, 4) is 0 Å². The number of thiophene rings is 1. The highest BCUT2D eigenvalue weighted by atomic mass is 32.1. The summed E-state index contributed by atoms with van der Waals surface area (Å²) in [6, 6.07) is 10.6. The summed E-state index contributed by atoms with van der Waals surface area (Å²) in [6.45, 7) is 5.98. The van der Waals surface area contributed by atoms with E-state index in [1.54, 1.807) is 11.3 Å². The SMILES string of the molecule is C=C(C)c1cc2ccccc2s1. The van der Waals surface area contributed by atoms with Gasteiger partial charge in [0.1, 0.15) is 0 Å². The van der Waals surface area contributed by atoms with E-state index in [2.05, 4.69) is 36.9 Å². The zero-order valence-electron chi connectivity index (χ0n) is 7.00. The van der Waals surface area contributed by atoms with Crippen LogP contribution >= 0.6 is 11.3 Å². The molecule has 0 aliphatic heterocycles. The second-order valence-corrected chi connectivity index (χ2v) is 4.01. The van der Waals surface area contributed by atoms with Crippen molar-refractivity contribution < 1.29 is 0 Å². The van der Waals surface area contributed by atoms with Crippen LogP contribution < -0.4 is 0 Å². The predicted molar refractivity (Wildman–Crippen MR) is 56.5 cm³/mol. The molecule has 0 aliphatic rings. The van der Waals surface area contributed by atoms with Crippen molar-refractivity contribution in [3.05, 3.63) is 41.8 Å². The Morgan fingerprint density at radius 2 is 2.08 bits per heavy atom. The van der Waals surface area contributed by atoms with Gasteiger partial charge in [0.15, 0.2) is 0 Å². The Balaban J connectivity index is 2.70. The molecule has 0 spiro atoms. The molecule has 0 saturated heterocycles. The average molecular weight is 174 g/mol. The van der Waals surface area contributed by atoms with Crippen LogP contribution in [0.4, 0.5) is 0 Å². The van der Waals surface area contributed by atoms with Crippen LogP contribution in [0.2, 0.25) is 0 Å². The van der Waals surface area contributed by atoms with Gasteiger partial charge >= 0.3 is 0 Å². The fourth-order valence-electron chi connectivity index (χ4n) is 1.19. The normalized spacial score (nSPS) is 10.4. The van der Waals surface area contributed by atoms with Gasteiger partial charge in [0.25, 0.3) is 0 Å². The summed E-state index contributed by atoms with van der Waals surface area (Å²) >= 11 is 1.81. The number of benzene rings is 1. The van der Waals surface area contributed by atoms with E-state index in [0.717, 1.165) is 5.57 Å². The maximum Gasteiger partial charge on any atom is 0.0349 e. The van der Waals surface area contributed by atoms with Crippen molar-refractivity contribution in [2.24, 2.45) is 0 Å². The van der Waals surface area contributed by atoms with Crippen molar-refractivity contribution in [1.29, 1.82) is 0 Å². The Morgan fingerprint density at radius 1 is 1.33 bits per heavy atom. The fraction of sp³-hybridized carbons (Fsp3) is 0.0909. The zero-order valence-corrected chi connectivity index (χ0v) is 7.82. The van der Waals surface area contributed by atoms with Crippen LogP contribution in [0, 0.1) is 0 Å². The zero-order chi connectivity index (χ0) is 8.55. The minimum Gasteiger partial charge on any atom is -0.136 e. The summed E-state index contributed by atoms with van der Waals surface area (Å²) in [5.74, 6) is 0. The van der Waals surface area contributed by atoms with E-state index < -0.39 is 0 Å². The molecule has 2 rings (SSSR count). The first kappa shape index (κ1) is 7.56. The van der Waals surface area contributed by atoms with Gasteiger partial charge in [-0.05, 0) is 30.0 Å². The van der Waals surface area contributed by atoms with E-state index in [0.29, 0.717) is 0 Å². The van der Waals surface area contributed by atoms with Crippen LogP contribution in [0.15, 0.2) is 36.9 Å². The van der Waals surface area contributed by atoms with Gasteiger partial charge in [0, 0.05) is 9.58 Å². The summed E-state index contributed by atoms with van der Waals surface area (Å²) in [5.41, 5.74) is 1.15. The van der Waals surface area contributed by atoms with Gasteiger partial charge in [0.05, 0.1) is 0 Å². The summed E-state index contributed by atoms with van der Waals surface area (Å²) in [7, 11) is 0. The lowest BCUT2D eigenvalue weighted by atomic mass is 10.2. The molecule has 2 aromatic rings. The first-order chi connectivity index (χ1) is 5.77. The highest BCUT2D eigenvalue weighted by Gasteiger charge is 1.99. The second-order valence-electron chi connectivity index (χ2n) is 2.93. The van der Waals surface area contributed by atoms with E-state index in [4.69, 9.17) is 0 Å². The van der Waals surface area contributed by atoms with E-state index in [1.165, 1.54) is 15.0 Å². The molecule has 0 atom stereocenters. The van der Waals surface area contributed by atoms with Crippen molar-refractivity contribution in [2.75, 3.05) is 0 Å². The Kier molecular flexibility index (Phi) is 1.74. The van der Waals surface area contributed by atoms with E-state index in [1.807, 2.05) is 6.92 Å². The van der Waals surface area contributed by atoms with Crippen LogP contribution in [-0.4, -0.2) is 0 Å². The van der Waals surface area contributed by atoms with Gasteiger partial charge < -0.3 is 0 Å². The standard InChI is InChI=1S/C11H10S/c1-8(2)11-7-9-5-3-4-6-10(9)12-11/h3-7H,1H2,2H3. The van der Waals surface area contributed by atoms with Gasteiger partial charge in [-0.3, -0.25) is 0 Å². The third-order valence-electron chi connectivity index (χ3n) is 1.85. The minimum absolute atomic E-state index is 1.15. The molecule has 0 nitrogen and oxygen atoms in total. The molecule has 0 aliphatic carbocycles. The topological polar surface area (TPSA) is 0 Å². The predicted octanol–water partition coefficient (Wildman–Crippen LogP) is 3.93. The molecule has 0 unspecified atom stereocenters. The number of hydrogen-bond donors (Lipinski definition) is 0. The fourth-order valence-corrected chi connectivity index (χ4v) is 2.18. The molecular weight excluding hydrogens is 164 g/mol. The van der Waals surface area contributed by atoms with Gasteiger partial charge in [-0.1, -0.05) is 24.8 Å². The van der Waals surface area contributed by atoms with Crippen molar-refractivity contribution in [2.45, 2.75) is 6.92 Å². The van der Waals surface area contributed by atoms with Crippen LogP contribution in [0.3, 0.4) is 0 Å². The van der Waals surface area contributed by atoms with Gasteiger partial charge in [-0.15, -0.1) is 11.3 Å². The highest BCUT2D eigenvalue weighted by Crippen LogP contribution is 2.28. The molecule has 0 saturated carbocycles. The monoisotopic (exact) mass is 174 g/mol. The molecule has 0 bridgehead atoms. The van der Waals surface area contributed by atoms with Crippen LogP contribution in [0.25, 0.3) is 15.7 Å². The number of hydrogen-bond acceptors (Lipinski definition) is 1. The lowest BCUT2D eigenvalue weighted by Gasteiger charge is -1.87. The minimum atomic E-state index is 1.15. The van der Waals surface area contributed by atoms with Crippen molar-refractivity contribution >= 4 is 27.0 Å². The largest absolute Gasteiger partial charge is 0.136 e.